The molecule has 0 aliphatic heterocycles. The van der Waals surface area contributed by atoms with Gasteiger partial charge >= 0.3 is 0 Å². The van der Waals surface area contributed by atoms with Crippen LogP contribution in [-0.4, -0.2) is 4.98 Å². The van der Waals surface area contributed by atoms with E-state index in [1.54, 1.807) is 0 Å². The predicted molar refractivity (Wildman–Crippen MR) is 60.9 cm³/mol. The first-order chi connectivity index (χ1) is 6.72. The van der Waals surface area contributed by atoms with E-state index in [4.69, 9.17) is 11.6 Å². The van der Waals surface area contributed by atoms with Crippen molar-refractivity contribution in [3.8, 4) is 0 Å². The van der Waals surface area contributed by atoms with Gasteiger partial charge in [-0.25, -0.2) is 4.98 Å². The first kappa shape index (κ1) is 9.47. The molecular weight excluding hydrogens is 194 g/mol. The van der Waals surface area contributed by atoms with E-state index in [0.717, 1.165) is 11.8 Å². The fraction of sp³-hybridized carbons (Fsp3) is 0.250. The molecule has 0 saturated heterocycles. The van der Waals surface area contributed by atoms with E-state index in [2.05, 4.69) is 37.0 Å². The Bertz CT molecular complexity index is 477. The average Bonchev–Trinajstić information content (AvgIpc) is 2.19. The topological polar surface area (TPSA) is 12.9 Å². The fourth-order valence-corrected chi connectivity index (χ4v) is 1.87. The van der Waals surface area contributed by atoms with Gasteiger partial charge in [-0.2, -0.15) is 0 Å². The van der Waals surface area contributed by atoms with Gasteiger partial charge in [-0.1, -0.05) is 36.2 Å². The summed E-state index contributed by atoms with van der Waals surface area (Å²) >= 11 is 6.05. The van der Waals surface area contributed by atoms with Crippen molar-refractivity contribution in [2.45, 2.75) is 20.3 Å². The van der Waals surface area contributed by atoms with Crippen LogP contribution in [-0.2, 0) is 6.42 Å². The monoisotopic (exact) mass is 205 g/mol. The van der Waals surface area contributed by atoms with Gasteiger partial charge in [0, 0.05) is 11.6 Å². The van der Waals surface area contributed by atoms with Crippen molar-refractivity contribution >= 4 is 22.4 Å². The van der Waals surface area contributed by atoms with Crippen LogP contribution in [0.2, 0.25) is 5.15 Å². The Morgan fingerprint density at radius 3 is 2.79 bits per heavy atom. The molecule has 0 aliphatic rings. The number of aromatic nitrogens is 1. The van der Waals surface area contributed by atoms with E-state index in [-0.39, 0.29) is 0 Å². The van der Waals surface area contributed by atoms with Gasteiger partial charge in [0.25, 0.3) is 0 Å². The number of halogens is 1. The number of pyridine rings is 1. The van der Waals surface area contributed by atoms with Gasteiger partial charge in [0.1, 0.15) is 5.15 Å². The molecule has 1 aromatic heterocycles. The Labute approximate surface area is 88.7 Å². The summed E-state index contributed by atoms with van der Waals surface area (Å²) in [4.78, 5) is 4.18. The SMILES string of the molecule is CCc1cnc(Cl)c2cc(C)ccc12. The molecule has 2 rings (SSSR count). The molecule has 14 heavy (non-hydrogen) atoms. The van der Waals surface area contributed by atoms with Crippen molar-refractivity contribution < 1.29 is 0 Å². The Kier molecular flexibility index (Phi) is 2.42. The molecule has 0 N–H and O–H groups in total. The molecule has 0 saturated carbocycles. The minimum Gasteiger partial charge on any atom is -0.244 e. The number of fused-ring (bicyclic) bond motifs is 1. The third-order valence-electron chi connectivity index (χ3n) is 2.46. The molecule has 0 spiro atoms. The zero-order valence-electron chi connectivity index (χ0n) is 8.34. The Morgan fingerprint density at radius 1 is 1.29 bits per heavy atom. The van der Waals surface area contributed by atoms with E-state index in [1.807, 2.05) is 6.20 Å². The maximum atomic E-state index is 6.05. The molecule has 1 heterocycles. The van der Waals surface area contributed by atoms with Gasteiger partial charge in [0.15, 0.2) is 0 Å². The summed E-state index contributed by atoms with van der Waals surface area (Å²) in [7, 11) is 0. The number of hydrogen-bond donors (Lipinski definition) is 0. The van der Waals surface area contributed by atoms with Crippen LogP contribution >= 0.6 is 11.6 Å². The smallest absolute Gasteiger partial charge is 0.136 e. The third-order valence-corrected chi connectivity index (χ3v) is 2.76. The highest BCUT2D eigenvalue weighted by molar-refractivity contribution is 6.34. The lowest BCUT2D eigenvalue weighted by Gasteiger charge is -2.05. The molecule has 0 amide bonds. The highest BCUT2D eigenvalue weighted by Gasteiger charge is 2.04. The maximum Gasteiger partial charge on any atom is 0.136 e. The minimum atomic E-state index is 0.598. The van der Waals surface area contributed by atoms with Crippen molar-refractivity contribution in [2.24, 2.45) is 0 Å². The number of rotatable bonds is 1. The highest BCUT2D eigenvalue weighted by Crippen LogP contribution is 2.25. The van der Waals surface area contributed by atoms with Gasteiger partial charge in [-0.15, -0.1) is 0 Å². The largest absolute Gasteiger partial charge is 0.244 e. The molecule has 0 radical (unpaired) electrons. The van der Waals surface area contributed by atoms with Crippen LogP contribution in [0.5, 0.6) is 0 Å². The molecule has 0 unspecified atom stereocenters. The molecular formula is C12H12ClN. The van der Waals surface area contributed by atoms with Gasteiger partial charge in [-0.05, 0) is 30.4 Å². The molecule has 0 fully saturated rings. The standard InChI is InChI=1S/C12H12ClN/c1-3-9-7-14-12(13)11-6-8(2)4-5-10(9)11/h4-7H,3H2,1-2H3. The van der Waals surface area contributed by atoms with Crippen LogP contribution in [0.3, 0.4) is 0 Å². The van der Waals surface area contributed by atoms with E-state index < -0.39 is 0 Å². The van der Waals surface area contributed by atoms with Gasteiger partial charge < -0.3 is 0 Å². The van der Waals surface area contributed by atoms with E-state index >= 15 is 0 Å². The molecule has 0 bridgehead atoms. The Hall–Kier alpha value is -1.08. The maximum absolute atomic E-state index is 6.05. The van der Waals surface area contributed by atoms with Crippen LogP contribution in [0, 0.1) is 6.92 Å². The van der Waals surface area contributed by atoms with Crippen molar-refractivity contribution in [2.75, 3.05) is 0 Å². The van der Waals surface area contributed by atoms with E-state index in [0.29, 0.717) is 5.15 Å². The molecule has 0 aliphatic carbocycles. The highest BCUT2D eigenvalue weighted by atomic mass is 35.5. The molecule has 0 atom stereocenters. The normalized spacial score (nSPS) is 10.8. The van der Waals surface area contributed by atoms with E-state index in [9.17, 15) is 0 Å². The second kappa shape index (κ2) is 3.58. The van der Waals surface area contributed by atoms with Crippen LogP contribution in [0.25, 0.3) is 10.8 Å². The minimum absolute atomic E-state index is 0.598. The van der Waals surface area contributed by atoms with Crippen molar-refractivity contribution in [1.29, 1.82) is 0 Å². The molecule has 2 heteroatoms. The number of benzene rings is 1. The van der Waals surface area contributed by atoms with Crippen molar-refractivity contribution in [3.63, 3.8) is 0 Å². The summed E-state index contributed by atoms with van der Waals surface area (Å²) in [6.45, 7) is 4.19. The summed E-state index contributed by atoms with van der Waals surface area (Å²) in [6.07, 6.45) is 2.85. The number of aryl methyl sites for hydroxylation is 2. The van der Waals surface area contributed by atoms with Crippen molar-refractivity contribution in [1.82, 2.24) is 4.98 Å². The average molecular weight is 206 g/mol. The van der Waals surface area contributed by atoms with Gasteiger partial charge in [0.2, 0.25) is 0 Å². The Balaban J connectivity index is 2.84. The predicted octanol–water partition coefficient (Wildman–Crippen LogP) is 3.76. The van der Waals surface area contributed by atoms with Crippen LogP contribution in [0.1, 0.15) is 18.1 Å². The van der Waals surface area contributed by atoms with Crippen LogP contribution in [0.15, 0.2) is 24.4 Å². The lowest BCUT2D eigenvalue weighted by atomic mass is 10.0. The van der Waals surface area contributed by atoms with Crippen LogP contribution in [0.4, 0.5) is 0 Å². The molecule has 72 valence electrons. The number of nitrogens with zero attached hydrogens (tertiary/aromatic N) is 1. The number of hydrogen-bond acceptors (Lipinski definition) is 1. The first-order valence-corrected chi connectivity index (χ1v) is 5.14. The fourth-order valence-electron chi connectivity index (χ4n) is 1.66. The summed E-state index contributed by atoms with van der Waals surface area (Å²) in [5, 5.41) is 2.88. The zero-order valence-corrected chi connectivity index (χ0v) is 9.10. The second-order valence-corrected chi connectivity index (χ2v) is 3.83. The van der Waals surface area contributed by atoms with Crippen LogP contribution < -0.4 is 0 Å². The quantitative estimate of drug-likeness (QED) is 0.646. The molecule has 1 nitrogen and oxygen atoms in total. The molecule has 2 aromatic rings. The summed E-state index contributed by atoms with van der Waals surface area (Å²) < 4.78 is 0. The van der Waals surface area contributed by atoms with Gasteiger partial charge in [0.05, 0.1) is 0 Å². The Morgan fingerprint density at radius 2 is 2.07 bits per heavy atom. The van der Waals surface area contributed by atoms with E-state index in [1.165, 1.54) is 16.5 Å². The second-order valence-electron chi connectivity index (χ2n) is 3.48. The third kappa shape index (κ3) is 1.48. The van der Waals surface area contributed by atoms with Gasteiger partial charge in [-0.3, -0.25) is 0 Å². The lowest BCUT2D eigenvalue weighted by molar-refractivity contribution is 1.13. The summed E-state index contributed by atoms with van der Waals surface area (Å²) in [5.74, 6) is 0. The summed E-state index contributed by atoms with van der Waals surface area (Å²) in [6, 6.07) is 6.32. The first-order valence-electron chi connectivity index (χ1n) is 4.76. The zero-order chi connectivity index (χ0) is 10.1. The van der Waals surface area contributed by atoms with Crippen molar-refractivity contribution in [3.05, 3.63) is 40.7 Å². The lowest BCUT2D eigenvalue weighted by Crippen LogP contribution is -1.88. The molecule has 1 aromatic carbocycles. The summed E-state index contributed by atoms with van der Waals surface area (Å²) in [5.41, 5.74) is 2.47.